The van der Waals surface area contributed by atoms with Gasteiger partial charge >= 0.3 is 5.97 Å². The molecular weight excluding hydrogens is 522 g/mol. The maximum Gasteiger partial charge on any atom is 0.335 e. The number of carboxylic acid groups (broad SMARTS) is 1. The number of anilines is 6. The normalized spacial score (nSPS) is 11.1. The molecule has 11 nitrogen and oxygen atoms in total. The van der Waals surface area contributed by atoms with E-state index in [1.165, 1.54) is 44.2 Å². The number of amides is 2. The number of aromatic carboxylic acids is 1. The minimum absolute atomic E-state index is 0.124. The van der Waals surface area contributed by atoms with Gasteiger partial charge in [0.2, 0.25) is 11.8 Å². The molecule has 0 atom stereocenters. The number of rotatable bonds is 11. The van der Waals surface area contributed by atoms with E-state index in [-0.39, 0.29) is 39.3 Å². The second kappa shape index (κ2) is 12.6. The smallest absolute Gasteiger partial charge is 0.335 e. The minimum Gasteiger partial charge on any atom is -0.478 e. The van der Waals surface area contributed by atoms with Gasteiger partial charge in [-0.3, -0.25) is 14.3 Å². The van der Waals surface area contributed by atoms with Crippen molar-refractivity contribution < 1.29 is 27.9 Å². The molecule has 0 aromatic heterocycles. The fourth-order valence-corrected chi connectivity index (χ4v) is 4.79. The zero-order valence-corrected chi connectivity index (χ0v) is 22.3. The van der Waals surface area contributed by atoms with Gasteiger partial charge in [-0.1, -0.05) is 12.2 Å². The zero-order valence-electron chi connectivity index (χ0n) is 21.5. The molecule has 6 N–H and O–H groups in total. The van der Waals surface area contributed by atoms with E-state index in [9.17, 15) is 27.9 Å². The lowest BCUT2D eigenvalue weighted by Crippen LogP contribution is -2.17. The first-order valence-corrected chi connectivity index (χ1v) is 13.3. The van der Waals surface area contributed by atoms with Gasteiger partial charge in [0.05, 0.1) is 16.9 Å². The van der Waals surface area contributed by atoms with E-state index in [0.29, 0.717) is 23.6 Å². The summed E-state index contributed by atoms with van der Waals surface area (Å²) < 4.78 is 29.7. The quantitative estimate of drug-likeness (QED) is 0.184. The maximum absolute atomic E-state index is 13.6. The molecule has 0 radical (unpaired) electrons. The van der Waals surface area contributed by atoms with E-state index in [2.05, 4.69) is 26.0 Å². The molecule has 0 saturated heterocycles. The third kappa shape index (κ3) is 8.07. The molecule has 2 amide bonds. The third-order valence-corrected chi connectivity index (χ3v) is 6.62. The Balaban J connectivity index is 2.07. The molecule has 0 saturated carbocycles. The number of hydrogen-bond acceptors (Lipinski definition) is 7. The molecule has 12 heteroatoms. The van der Waals surface area contributed by atoms with Crippen molar-refractivity contribution in [3.63, 3.8) is 0 Å². The lowest BCUT2D eigenvalue weighted by molar-refractivity contribution is -0.115. The van der Waals surface area contributed by atoms with Crippen LogP contribution in [0.4, 0.5) is 34.1 Å². The molecule has 0 aliphatic carbocycles. The van der Waals surface area contributed by atoms with Crippen molar-refractivity contribution in [1.82, 2.24) is 0 Å². The summed E-state index contributed by atoms with van der Waals surface area (Å²) in [5.74, 6) is -1.81. The van der Waals surface area contributed by atoms with E-state index < -0.39 is 16.0 Å². The summed E-state index contributed by atoms with van der Waals surface area (Å²) in [6.07, 6.45) is 3.59. The van der Waals surface area contributed by atoms with Crippen molar-refractivity contribution >= 4 is 61.9 Å². The molecule has 0 aliphatic heterocycles. The van der Waals surface area contributed by atoms with Gasteiger partial charge in [0.1, 0.15) is 4.90 Å². The summed E-state index contributed by atoms with van der Waals surface area (Å²) in [4.78, 5) is 34.2. The predicted octanol–water partition coefficient (Wildman–Crippen LogP) is 4.83. The SMILES string of the molecule is C/C=C/CNc1cc(C(=O)O)cc(S(=O)(=O)Nc2ccc(NC(C)=O)cc2)c1Nc1ccc(NC(C)=O)cc1. The van der Waals surface area contributed by atoms with Crippen molar-refractivity contribution in [3.05, 3.63) is 78.4 Å². The summed E-state index contributed by atoms with van der Waals surface area (Å²) in [5.41, 5.74) is 1.89. The Labute approximate surface area is 226 Å². The molecule has 204 valence electrons. The Hall–Kier alpha value is -4.84. The Morgan fingerprint density at radius 1 is 0.821 bits per heavy atom. The number of carbonyl (C=O) groups excluding carboxylic acids is 2. The number of sulfonamides is 1. The van der Waals surface area contributed by atoms with Gasteiger partial charge in [-0.05, 0) is 67.6 Å². The van der Waals surface area contributed by atoms with Crippen LogP contribution in [-0.4, -0.2) is 37.9 Å². The summed E-state index contributed by atoms with van der Waals surface area (Å²) in [7, 11) is -4.31. The summed E-state index contributed by atoms with van der Waals surface area (Å²) in [6, 6.07) is 15.0. The molecule has 0 bridgehead atoms. The first kappa shape index (κ1) is 28.7. The van der Waals surface area contributed by atoms with Crippen LogP contribution in [0.15, 0.2) is 77.7 Å². The van der Waals surface area contributed by atoms with Crippen molar-refractivity contribution in [2.24, 2.45) is 0 Å². The number of nitrogens with one attached hydrogen (secondary N) is 5. The lowest BCUT2D eigenvalue weighted by Gasteiger charge is -2.20. The van der Waals surface area contributed by atoms with Crippen LogP contribution in [0.2, 0.25) is 0 Å². The van der Waals surface area contributed by atoms with E-state index in [4.69, 9.17) is 0 Å². The number of carbonyl (C=O) groups is 3. The van der Waals surface area contributed by atoms with Crippen molar-refractivity contribution in [2.45, 2.75) is 25.7 Å². The highest BCUT2D eigenvalue weighted by molar-refractivity contribution is 7.93. The van der Waals surface area contributed by atoms with Crippen LogP contribution in [-0.2, 0) is 19.6 Å². The second-order valence-corrected chi connectivity index (χ2v) is 10.1. The first-order chi connectivity index (χ1) is 18.5. The highest BCUT2D eigenvalue weighted by Gasteiger charge is 2.25. The van der Waals surface area contributed by atoms with Gasteiger partial charge in [-0.2, -0.15) is 0 Å². The molecular formula is C27H29N5O6S. The fraction of sp³-hybridized carbons (Fsp3) is 0.148. The number of hydrogen-bond donors (Lipinski definition) is 6. The lowest BCUT2D eigenvalue weighted by atomic mass is 10.1. The zero-order chi connectivity index (χ0) is 28.6. The summed E-state index contributed by atoms with van der Waals surface area (Å²) in [5, 5.41) is 21.1. The van der Waals surface area contributed by atoms with Crippen LogP contribution in [0.5, 0.6) is 0 Å². The van der Waals surface area contributed by atoms with Crippen LogP contribution < -0.4 is 26.0 Å². The first-order valence-electron chi connectivity index (χ1n) is 11.8. The van der Waals surface area contributed by atoms with Gasteiger partial charge in [0.15, 0.2) is 0 Å². The molecule has 0 unspecified atom stereocenters. The number of carboxylic acids is 1. The Kier molecular flexibility index (Phi) is 9.29. The third-order valence-electron chi connectivity index (χ3n) is 5.22. The Morgan fingerprint density at radius 3 is 1.82 bits per heavy atom. The van der Waals surface area contributed by atoms with Crippen molar-refractivity contribution in [3.8, 4) is 0 Å². The predicted molar refractivity (Wildman–Crippen MR) is 152 cm³/mol. The second-order valence-electron chi connectivity index (χ2n) is 8.40. The average molecular weight is 552 g/mol. The maximum atomic E-state index is 13.6. The molecule has 0 fully saturated rings. The van der Waals surface area contributed by atoms with Crippen molar-refractivity contribution in [2.75, 3.05) is 32.5 Å². The number of benzene rings is 3. The molecule has 0 aliphatic rings. The fourth-order valence-electron chi connectivity index (χ4n) is 3.53. The topological polar surface area (TPSA) is 166 Å². The van der Waals surface area contributed by atoms with E-state index in [1.54, 1.807) is 36.4 Å². The van der Waals surface area contributed by atoms with Crippen LogP contribution in [0.1, 0.15) is 31.1 Å². The largest absolute Gasteiger partial charge is 0.478 e. The Morgan fingerprint density at radius 2 is 1.33 bits per heavy atom. The summed E-state index contributed by atoms with van der Waals surface area (Å²) in [6.45, 7) is 4.88. The molecule has 0 heterocycles. The molecule has 3 rings (SSSR count). The molecule has 39 heavy (non-hydrogen) atoms. The number of allylic oxidation sites excluding steroid dienone is 1. The van der Waals surface area contributed by atoms with Crippen LogP contribution in [0.25, 0.3) is 0 Å². The highest BCUT2D eigenvalue weighted by atomic mass is 32.2. The van der Waals surface area contributed by atoms with Crippen molar-refractivity contribution in [1.29, 1.82) is 0 Å². The average Bonchev–Trinajstić information content (AvgIpc) is 2.86. The Bertz CT molecular complexity index is 1500. The monoisotopic (exact) mass is 551 g/mol. The van der Waals surface area contributed by atoms with Gasteiger partial charge < -0.3 is 26.4 Å². The van der Waals surface area contributed by atoms with Gasteiger partial charge in [0.25, 0.3) is 10.0 Å². The molecule has 3 aromatic rings. The van der Waals surface area contributed by atoms with Gasteiger partial charge in [0, 0.05) is 43.1 Å². The highest BCUT2D eigenvalue weighted by Crippen LogP contribution is 2.36. The molecule has 0 spiro atoms. The minimum atomic E-state index is -4.31. The van der Waals surface area contributed by atoms with E-state index in [0.717, 1.165) is 6.07 Å². The van der Waals surface area contributed by atoms with E-state index >= 15 is 0 Å². The molecule has 3 aromatic carbocycles. The van der Waals surface area contributed by atoms with Gasteiger partial charge in [-0.25, -0.2) is 13.2 Å². The van der Waals surface area contributed by atoms with Crippen LogP contribution in [0.3, 0.4) is 0 Å². The van der Waals surface area contributed by atoms with Crippen LogP contribution >= 0.6 is 0 Å². The van der Waals surface area contributed by atoms with E-state index in [1.807, 2.05) is 6.92 Å². The standard InChI is InChI=1S/C27H29N5O6S/c1-4-5-14-28-24-15-19(27(35)36)16-25(26(24)31-22-8-6-20(7-9-22)29-17(2)33)39(37,38)32-23-12-10-21(11-13-23)30-18(3)34/h4-13,15-16,28,31-32H,14H2,1-3H3,(H,29,33)(H,30,34)(H,35,36)/b5-4+. The summed E-state index contributed by atoms with van der Waals surface area (Å²) >= 11 is 0. The van der Waals surface area contributed by atoms with Gasteiger partial charge in [-0.15, -0.1) is 0 Å². The van der Waals surface area contributed by atoms with Crippen LogP contribution in [0, 0.1) is 0 Å².